The molecule has 0 bridgehead atoms. The molecule has 1 aromatic carbocycles. The maximum atomic E-state index is 6.01. The number of aryl methyl sites for hydroxylation is 1. The fraction of sp³-hybridized carbons (Fsp3) is 0.500. The number of hydrogen-bond donors (Lipinski definition) is 1. The van der Waals surface area contributed by atoms with E-state index in [2.05, 4.69) is 17.4 Å². The molecule has 74 valence electrons. The van der Waals surface area contributed by atoms with Crippen molar-refractivity contribution in [2.45, 2.75) is 31.2 Å². The van der Waals surface area contributed by atoms with Crippen molar-refractivity contribution in [3.8, 4) is 0 Å². The zero-order chi connectivity index (χ0) is 9.60. The first-order valence-corrected chi connectivity index (χ1v) is 5.72. The van der Waals surface area contributed by atoms with Gasteiger partial charge in [0, 0.05) is 10.6 Å². The molecule has 1 N–H and O–H groups in total. The molecule has 1 aliphatic carbocycles. The van der Waals surface area contributed by atoms with E-state index in [1.807, 2.05) is 6.07 Å². The third-order valence-electron chi connectivity index (χ3n) is 3.65. The van der Waals surface area contributed by atoms with Gasteiger partial charge in [-0.05, 0) is 55.5 Å². The minimum absolute atomic E-state index is 0.318. The van der Waals surface area contributed by atoms with E-state index in [1.54, 1.807) is 0 Å². The van der Waals surface area contributed by atoms with Crippen LogP contribution < -0.4 is 5.32 Å². The lowest BCUT2D eigenvalue weighted by Crippen LogP contribution is -2.55. The van der Waals surface area contributed by atoms with Crippen LogP contribution in [0.4, 0.5) is 0 Å². The molecule has 1 aromatic rings. The Bertz CT molecular complexity index is 369. The first kappa shape index (κ1) is 8.75. The van der Waals surface area contributed by atoms with Crippen LogP contribution in [0.1, 0.15) is 30.4 Å². The topological polar surface area (TPSA) is 12.0 Å². The highest BCUT2D eigenvalue weighted by molar-refractivity contribution is 6.30. The zero-order valence-electron chi connectivity index (χ0n) is 8.15. The van der Waals surface area contributed by atoms with Gasteiger partial charge in [-0.25, -0.2) is 0 Å². The molecule has 0 radical (unpaired) electrons. The van der Waals surface area contributed by atoms with Gasteiger partial charge in [0.1, 0.15) is 0 Å². The highest BCUT2D eigenvalue weighted by atomic mass is 35.5. The molecule has 1 fully saturated rings. The molecule has 1 nitrogen and oxygen atoms in total. The molecule has 0 unspecified atom stereocenters. The van der Waals surface area contributed by atoms with Gasteiger partial charge in [0.15, 0.2) is 0 Å². The van der Waals surface area contributed by atoms with E-state index in [-0.39, 0.29) is 0 Å². The zero-order valence-corrected chi connectivity index (χ0v) is 8.90. The van der Waals surface area contributed by atoms with E-state index >= 15 is 0 Å². The van der Waals surface area contributed by atoms with Gasteiger partial charge in [0.25, 0.3) is 0 Å². The maximum Gasteiger partial charge on any atom is 0.0449 e. The second-order valence-electron chi connectivity index (χ2n) is 4.41. The second kappa shape index (κ2) is 2.98. The molecule has 1 heterocycles. The van der Waals surface area contributed by atoms with Gasteiger partial charge in [-0.15, -0.1) is 0 Å². The molecule has 1 saturated heterocycles. The number of nitrogens with one attached hydrogen (secondary N) is 1. The van der Waals surface area contributed by atoms with Gasteiger partial charge >= 0.3 is 0 Å². The third-order valence-corrected chi connectivity index (χ3v) is 3.88. The van der Waals surface area contributed by atoms with Crippen LogP contribution in [-0.4, -0.2) is 6.54 Å². The number of hydrogen-bond acceptors (Lipinski definition) is 1. The van der Waals surface area contributed by atoms with Crippen molar-refractivity contribution in [3.63, 3.8) is 0 Å². The standard InChI is InChI=1S/C12H14ClN/c13-10-3-4-11-9(8-10)2-1-5-12(11)6-7-14-12/h3-4,8,14H,1-2,5-7H2/t12-/m0/s1. The van der Waals surface area contributed by atoms with Crippen LogP contribution in [0.25, 0.3) is 0 Å². The van der Waals surface area contributed by atoms with Crippen molar-refractivity contribution in [2.75, 3.05) is 6.54 Å². The lowest BCUT2D eigenvalue weighted by molar-refractivity contribution is 0.178. The van der Waals surface area contributed by atoms with Crippen LogP contribution in [-0.2, 0) is 12.0 Å². The van der Waals surface area contributed by atoms with Crippen molar-refractivity contribution >= 4 is 11.6 Å². The Morgan fingerprint density at radius 3 is 2.86 bits per heavy atom. The smallest absolute Gasteiger partial charge is 0.0449 e. The Labute approximate surface area is 89.5 Å². The molecule has 14 heavy (non-hydrogen) atoms. The van der Waals surface area contributed by atoms with E-state index in [9.17, 15) is 0 Å². The highest BCUT2D eigenvalue weighted by Gasteiger charge is 2.40. The Kier molecular flexibility index (Phi) is 1.86. The summed E-state index contributed by atoms with van der Waals surface area (Å²) in [5, 5.41) is 4.47. The first-order chi connectivity index (χ1) is 6.80. The molecule has 3 rings (SSSR count). The summed E-state index contributed by atoms with van der Waals surface area (Å²) in [7, 11) is 0. The second-order valence-corrected chi connectivity index (χ2v) is 4.85. The van der Waals surface area contributed by atoms with Crippen molar-refractivity contribution in [1.82, 2.24) is 5.32 Å². The minimum Gasteiger partial charge on any atom is -0.307 e. The molecular weight excluding hydrogens is 194 g/mol. The minimum atomic E-state index is 0.318. The molecule has 1 atom stereocenters. The van der Waals surface area contributed by atoms with Gasteiger partial charge in [-0.1, -0.05) is 17.7 Å². The van der Waals surface area contributed by atoms with Gasteiger partial charge in [-0.2, -0.15) is 0 Å². The van der Waals surface area contributed by atoms with Crippen LogP contribution in [0.2, 0.25) is 5.02 Å². The van der Waals surface area contributed by atoms with Gasteiger partial charge in [0.05, 0.1) is 0 Å². The highest BCUT2D eigenvalue weighted by Crippen LogP contribution is 2.42. The van der Waals surface area contributed by atoms with Gasteiger partial charge in [-0.3, -0.25) is 0 Å². The number of fused-ring (bicyclic) bond motifs is 2. The summed E-state index contributed by atoms with van der Waals surface area (Å²) in [5.74, 6) is 0. The summed E-state index contributed by atoms with van der Waals surface area (Å²) < 4.78 is 0. The lowest BCUT2D eigenvalue weighted by Gasteiger charge is -2.47. The van der Waals surface area contributed by atoms with Gasteiger partial charge < -0.3 is 5.32 Å². The average Bonchev–Trinajstić information content (AvgIpc) is 2.13. The predicted octanol–water partition coefficient (Wildman–Crippen LogP) is 2.86. The Morgan fingerprint density at radius 1 is 1.29 bits per heavy atom. The molecule has 0 saturated carbocycles. The van der Waals surface area contributed by atoms with Crippen LogP contribution in [0, 0.1) is 0 Å². The molecular formula is C12H14ClN. The van der Waals surface area contributed by atoms with E-state index in [4.69, 9.17) is 11.6 Å². The Morgan fingerprint density at radius 2 is 2.14 bits per heavy atom. The van der Waals surface area contributed by atoms with Crippen LogP contribution in [0.15, 0.2) is 18.2 Å². The average molecular weight is 208 g/mol. The molecule has 0 aromatic heterocycles. The molecule has 2 heteroatoms. The van der Waals surface area contributed by atoms with Crippen LogP contribution in [0.3, 0.4) is 0 Å². The number of rotatable bonds is 0. The van der Waals surface area contributed by atoms with E-state index in [0.717, 1.165) is 5.02 Å². The fourth-order valence-electron chi connectivity index (χ4n) is 2.82. The first-order valence-electron chi connectivity index (χ1n) is 5.34. The maximum absolute atomic E-state index is 6.01. The number of benzene rings is 1. The summed E-state index contributed by atoms with van der Waals surface area (Å²) >= 11 is 6.01. The number of halogens is 1. The SMILES string of the molecule is Clc1ccc2c(c1)CCC[C@]21CCN1. The Balaban J connectivity index is 2.10. The predicted molar refractivity (Wildman–Crippen MR) is 58.7 cm³/mol. The molecule has 1 aliphatic heterocycles. The summed E-state index contributed by atoms with van der Waals surface area (Å²) in [4.78, 5) is 0. The monoisotopic (exact) mass is 207 g/mol. The van der Waals surface area contributed by atoms with E-state index in [1.165, 1.54) is 43.4 Å². The third kappa shape index (κ3) is 1.12. The van der Waals surface area contributed by atoms with Crippen LogP contribution >= 0.6 is 11.6 Å². The summed E-state index contributed by atoms with van der Waals surface area (Å²) in [5.41, 5.74) is 3.27. The largest absolute Gasteiger partial charge is 0.307 e. The van der Waals surface area contributed by atoms with Crippen LogP contribution in [0.5, 0.6) is 0 Å². The van der Waals surface area contributed by atoms with Crippen molar-refractivity contribution < 1.29 is 0 Å². The lowest BCUT2D eigenvalue weighted by atomic mass is 9.71. The van der Waals surface area contributed by atoms with Crippen molar-refractivity contribution in [2.24, 2.45) is 0 Å². The molecule has 0 amide bonds. The summed E-state index contributed by atoms with van der Waals surface area (Å²) in [6.07, 6.45) is 5.07. The summed E-state index contributed by atoms with van der Waals surface area (Å²) in [6.45, 7) is 1.17. The fourth-order valence-corrected chi connectivity index (χ4v) is 3.02. The van der Waals surface area contributed by atoms with E-state index < -0.39 is 0 Å². The van der Waals surface area contributed by atoms with Crippen molar-refractivity contribution in [3.05, 3.63) is 34.3 Å². The molecule has 1 spiro atoms. The van der Waals surface area contributed by atoms with Crippen molar-refractivity contribution in [1.29, 1.82) is 0 Å². The Hall–Kier alpha value is -0.530. The van der Waals surface area contributed by atoms with Gasteiger partial charge in [0.2, 0.25) is 0 Å². The van der Waals surface area contributed by atoms with E-state index in [0.29, 0.717) is 5.54 Å². The molecule has 2 aliphatic rings. The quantitative estimate of drug-likeness (QED) is 0.690. The normalized spacial score (nSPS) is 29.8. The summed E-state index contributed by atoms with van der Waals surface area (Å²) in [6, 6.07) is 6.37.